The van der Waals surface area contributed by atoms with E-state index in [-0.39, 0.29) is 11.8 Å². The van der Waals surface area contributed by atoms with Crippen LogP contribution in [0.25, 0.3) is 0 Å². The minimum absolute atomic E-state index is 0.144. The lowest BCUT2D eigenvalue weighted by Gasteiger charge is -2.13. The summed E-state index contributed by atoms with van der Waals surface area (Å²) in [6, 6.07) is 16.5. The third-order valence-corrected chi connectivity index (χ3v) is 4.21. The maximum atomic E-state index is 12.5. The maximum Gasteiger partial charge on any atom is 0.274 e. The van der Waals surface area contributed by atoms with Crippen LogP contribution >= 0.6 is 0 Å². The van der Waals surface area contributed by atoms with E-state index in [2.05, 4.69) is 20.9 Å². The second-order valence-corrected chi connectivity index (χ2v) is 6.53. The SMILES string of the molecule is CC(=O)Nc1ccc(NC(=O)c2cc(Nc3c(C)cccc3C)ccn2)cc1. The summed E-state index contributed by atoms with van der Waals surface area (Å²) in [7, 11) is 0. The van der Waals surface area contributed by atoms with Crippen LogP contribution in [0.15, 0.2) is 60.8 Å². The Morgan fingerprint density at radius 2 is 1.43 bits per heavy atom. The molecule has 2 amide bonds. The lowest BCUT2D eigenvalue weighted by Crippen LogP contribution is -2.14. The van der Waals surface area contributed by atoms with Crippen LogP contribution in [-0.2, 0) is 4.79 Å². The van der Waals surface area contributed by atoms with E-state index < -0.39 is 0 Å². The van der Waals surface area contributed by atoms with Gasteiger partial charge in [-0.2, -0.15) is 0 Å². The number of hydrogen-bond acceptors (Lipinski definition) is 4. The van der Waals surface area contributed by atoms with E-state index in [9.17, 15) is 9.59 Å². The van der Waals surface area contributed by atoms with Crippen LogP contribution in [0.3, 0.4) is 0 Å². The third-order valence-electron chi connectivity index (χ3n) is 4.21. The average Bonchev–Trinajstić information content (AvgIpc) is 2.66. The van der Waals surface area contributed by atoms with Gasteiger partial charge in [0.2, 0.25) is 5.91 Å². The van der Waals surface area contributed by atoms with Crippen molar-refractivity contribution >= 4 is 34.6 Å². The highest BCUT2D eigenvalue weighted by Gasteiger charge is 2.10. The van der Waals surface area contributed by atoms with E-state index in [0.29, 0.717) is 17.1 Å². The molecule has 0 aliphatic rings. The zero-order valence-electron chi connectivity index (χ0n) is 16.0. The Morgan fingerprint density at radius 3 is 2.04 bits per heavy atom. The topological polar surface area (TPSA) is 83.1 Å². The van der Waals surface area contributed by atoms with Gasteiger partial charge in [-0.05, 0) is 61.4 Å². The molecule has 0 aliphatic heterocycles. The molecule has 142 valence electrons. The highest BCUT2D eigenvalue weighted by Crippen LogP contribution is 2.24. The average molecular weight is 374 g/mol. The van der Waals surface area contributed by atoms with E-state index in [1.165, 1.54) is 6.92 Å². The highest BCUT2D eigenvalue weighted by atomic mass is 16.2. The van der Waals surface area contributed by atoms with Gasteiger partial charge >= 0.3 is 0 Å². The molecule has 1 heterocycles. The van der Waals surface area contributed by atoms with Crippen LogP contribution < -0.4 is 16.0 Å². The summed E-state index contributed by atoms with van der Waals surface area (Å²) in [5, 5.41) is 8.86. The Bertz CT molecular complexity index is 993. The first-order valence-corrected chi connectivity index (χ1v) is 8.90. The molecule has 0 radical (unpaired) electrons. The van der Waals surface area contributed by atoms with Crippen LogP contribution in [0.2, 0.25) is 0 Å². The van der Waals surface area contributed by atoms with E-state index in [4.69, 9.17) is 0 Å². The quantitative estimate of drug-likeness (QED) is 0.607. The first kappa shape index (κ1) is 19.1. The lowest BCUT2D eigenvalue weighted by molar-refractivity contribution is -0.114. The van der Waals surface area contributed by atoms with Crippen molar-refractivity contribution in [1.82, 2.24) is 4.98 Å². The van der Waals surface area contributed by atoms with Crippen molar-refractivity contribution in [2.45, 2.75) is 20.8 Å². The van der Waals surface area contributed by atoms with Gasteiger partial charge < -0.3 is 16.0 Å². The number of para-hydroxylation sites is 1. The highest BCUT2D eigenvalue weighted by molar-refractivity contribution is 6.03. The molecule has 0 spiro atoms. The number of carbonyl (C=O) groups excluding carboxylic acids is 2. The Balaban J connectivity index is 1.72. The summed E-state index contributed by atoms with van der Waals surface area (Å²) in [6.45, 7) is 5.52. The number of anilines is 4. The summed E-state index contributed by atoms with van der Waals surface area (Å²) < 4.78 is 0. The van der Waals surface area contributed by atoms with Gasteiger partial charge in [0.15, 0.2) is 0 Å². The Labute approximate surface area is 164 Å². The number of nitrogens with one attached hydrogen (secondary N) is 3. The maximum absolute atomic E-state index is 12.5. The Morgan fingerprint density at radius 1 is 0.821 bits per heavy atom. The van der Waals surface area contributed by atoms with Crippen LogP contribution in [-0.4, -0.2) is 16.8 Å². The van der Waals surface area contributed by atoms with Gasteiger partial charge in [0.25, 0.3) is 5.91 Å². The summed E-state index contributed by atoms with van der Waals surface area (Å²) in [5.74, 6) is -0.452. The monoisotopic (exact) mass is 374 g/mol. The predicted octanol–water partition coefficient (Wildman–Crippen LogP) is 4.65. The van der Waals surface area contributed by atoms with Crippen molar-refractivity contribution in [1.29, 1.82) is 0 Å². The minimum atomic E-state index is -0.308. The fraction of sp³-hybridized carbons (Fsp3) is 0.136. The zero-order valence-corrected chi connectivity index (χ0v) is 16.0. The molecule has 2 aromatic carbocycles. The van der Waals surface area contributed by atoms with Crippen LogP contribution in [0.4, 0.5) is 22.7 Å². The number of aryl methyl sites for hydroxylation is 2. The second kappa shape index (κ2) is 8.35. The first-order valence-electron chi connectivity index (χ1n) is 8.90. The van der Waals surface area contributed by atoms with Gasteiger partial charge in [0.05, 0.1) is 0 Å². The predicted molar refractivity (Wildman–Crippen MR) is 112 cm³/mol. The van der Waals surface area contributed by atoms with Crippen LogP contribution in [0, 0.1) is 13.8 Å². The van der Waals surface area contributed by atoms with E-state index in [0.717, 1.165) is 22.5 Å². The molecule has 0 aliphatic carbocycles. The third kappa shape index (κ3) is 4.73. The molecule has 3 N–H and O–H groups in total. The van der Waals surface area contributed by atoms with Gasteiger partial charge in [-0.15, -0.1) is 0 Å². The molecule has 28 heavy (non-hydrogen) atoms. The van der Waals surface area contributed by atoms with Crippen molar-refractivity contribution in [2.24, 2.45) is 0 Å². The normalized spacial score (nSPS) is 10.2. The van der Waals surface area contributed by atoms with Crippen LogP contribution in [0.1, 0.15) is 28.5 Å². The Kier molecular flexibility index (Phi) is 5.69. The van der Waals surface area contributed by atoms with E-state index in [1.807, 2.05) is 38.1 Å². The number of rotatable bonds is 5. The molecule has 0 fully saturated rings. The largest absolute Gasteiger partial charge is 0.355 e. The molecule has 0 atom stereocenters. The van der Waals surface area contributed by atoms with E-state index in [1.54, 1.807) is 36.5 Å². The van der Waals surface area contributed by atoms with Crippen molar-refractivity contribution in [3.63, 3.8) is 0 Å². The lowest BCUT2D eigenvalue weighted by atomic mass is 10.1. The van der Waals surface area contributed by atoms with Crippen molar-refractivity contribution in [3.8, 4) is 0 Å². The fourth-order valence-corrected chi connectivity index (χ4v) is 2.82. The van der Waals surface area contributed by atoms with Gasteiger partial charge in [-0.1, -0.05) is 18.2 Å². The number of amides is 2. The molecular weight excluding hydrogens is 352 g/mol. The summed E-state index contributed by atoms with van der Waals surface area (Å²) in [5.41, 5.74) is 5.66. The summed E-state index contributed by atoms with van der Waals surface area (Å²) in [6.07, 6.45) is 1.60. The molecule has 1 aromatic heterocycles. The first-order chi connectivity index (χ1) is 13.4. The molecule has 0 saturated heterocycles. The number of carbonyl (C=O) groups is 2. The fourth-order valence-electron chi connectivity index (χ4n) is 2.82. The minimum Gasteiger partial charge on any atom is -0.355 e. The number of nitrogens with zero attached hydrogens (tertiary/aromatic N) is 1. The van der Waals surface area contributed by atoms with Crippen molar-refractivity contribution in [2.75, 3.05) is 16.0 Å². The molecule has 3 rings (SSSR count). The number of aromatic nitrogens is 1. The molecule has 0 bridgehead atoms. The second-order valence-electron chi connectivity index (χ2n) is 6.53. The molecule has 6 heteroatoms. The smallest absolute Gasteiger partial charge is 0.274 e. The molecule has 0 unspecified atom stereocenters. The van der Waals surface area contributed by atoms with Crippen LogP contribution in [0.5, 0.6) is 0 Å². The van der Waals surface area contributed by atoms with Gasteiger partial charge in [0.1, 0.15) is 5.69 Å². The number of benzene rings is 2. The standard InChI is InChI=1S/C22H22N4O2/c1-14-5-4-6-15(2)21(14)25-19-11-12-23-20(13-19)22(28)26-18-9-7-17(8-10-18)24-16(3)27/h4-13H,1-3H3,(H,23,25)(H,24,27)(H,26,28). The van der Waals surface area contributed by atoms with Crippen molar-refractivity contribution < 1.29 is 9.59 Å². The van der Waals surface area contributed by atoms with Crippen molar-refractivity contribution in [3.05, 3.63) is 77.6 Å². The summed E-state index contributed by atoms with van der Waals surface area (Å²) in [4.78, 5) is 27.8. The van der Waals surface area contributed by atoms with Gasteiger partial charge in [-0.25, -0.2) is 0 Å². The van der Waals surface area contributed by atoms with Gasteiger partial charge in [-0.3, -0.25) is 14.6 Å². The molecule has 3 aromatic rings. The summed E-state index contributed by atoms with van der Waals surface area (Å²) >= 11 is 0. The number of hydrogen-bond donors (Lipinski definition) is 3. The molecular formula is C22H22N4O2. The molecule has 6 nitrogen and oxygen atoms in total. The van der Waals surface area contributed by atoms with Gasteiger partial charge in [0, 0.05) is 35.9 Å². The Hall–Kier alpha value is -3.67. The zero-order chi connectivity index (χ0) is 20.1. The number of pyridine rings is 1. The molecule has 0 saturated carbocycles. The van der Waals surface area contributed by atoms with E-state index >= 15 is 0 Å².